The second-order valence-corrected chi connectivity index (χ2v) is 5.29. The van der Waals surface area contributed by atoms with Crippen molar-refractivity contribution in [2.75, 3.05) is 42.3 Å². The number of hydrogen-bond acceptors (Lipinski definition) is 4. The molecular formula is C17H21N3O. The Morgan fingerprint density at radius 1 is 1.05 bits per heavy atom. The van der Waals surface area contributed by atoms with Gasteiger partial charge in [0.1, 0.15) is 0 Å². The summed E-state index contributed by atoms with van der Waals surface area (Å²) in [7, 11) is 0. The SMILES string of the molecule is Cc1c(N)cccc1Nc1ccc(N2CCOCC2)cc1. The van der Waals surface area contributed by atoms with Gasteiger partial charge < -0.3 is 20.7 Å². The van der Waals surface area contributed by atoms with E-state index in [2.05, 4.69) is 34.5 Å². The summed E-state index contributed by atoms with van der Waals surface area (Å²) in [4.78, 5) is 2.35. The molecule has 110 valence electrons. The fraction of sp³-hybridized carbons (Fsp3) is 0.294. The molecule has 0 radical (unpaired) electrons. The summed E-state index contributed by atoms with van der Waals surface area (Å²) in [5.74, 6) is 0. The molecule has 2 aromatic carbocycles. The second-order valence-electron chi connectivity index (χ2n) is 5.29. The van der Waals surface area contributed by atoms with Crippen molar-refractivity contribution in [1.82, 2.24) is 0 Å². The van der Waals surface area contributed by atoms with Gasteiger partial charge in [0.05, 0.1) is 13.2 Å². The van der Waals surface area contributed by atoms with E-state index in [9.17, 15) is 0 Å². The molecule has 0 spiro atoms. The number of hydrogen-bond donors (Lipinski definition) is 2. The van der Waals surface area contributed by atoms with Crippen molar-refractivity contribution in [2.24, 2.45) is 0 Å². The molecule has 1 saturated heterocycles. The Balaban J connectivity index is 1.73. The Morgan fingerprint density at radius 2 is 1.76 bits per heavy atom. The van der Waals surface area contributed by atoms with E-state index in [0.29, 0.717) is 0 Å². The third kappa shape index (κ3) is 3.11. The number of nitrogen functional groups attached to an aromatic ring is 1. The van der Waals surface area contributed by atoms with Crippen LogP contribution in [-0.2, 0) is 4.74 Å². The Morgan fingerprint density at radius 3 is 2.48 bits per heavy atom. The van der Waals surface area contributed by atoms with Crippen molar-refractivity contribution in [3.8, 4) is 0 Å². The molecule has 0 aliphatic carbocycles. The Hall–Kier alpha value is -2.20. The lowest BCUT2D eigenvalue weighted by Gasteiger charge is -2.29. The van der Waals surface area contributed by atoms with E-state index in [0.717, 1.165) is 48.9 Å². The van der Waals surface area contributed by atoms with Gasteiger partial charge in [-0.05, 0) is 48.9 Å². The number of benzene rings is 2. The third-order valence-corrected chi connectivity index (χ3v) is 3.90. The fourth-order valence-corrected chi connectivity index (χ4v) is 2.52. The molecule has 21 heavy (non-hydrogen) atoms. The van der Waals surface area contributed by atoms with Gasteiger partial charge in [-0.1, -0.05) is 6.07 Å². The van der Waals surface area contributed by atoms with E-state index in [1.165, 1.54) is 5.69 Å². The van der Waals surface area contributed by atoms with Crippen LogP contribution in [0.5, 0.6) is 0 Å². The van der Waals surface area contributed by atoms with Gasteiger partial charge in [-0.25, -0.2) is 0 Å². The number of anilines is 4. The van der Waals surface area contributed by atoms with Gasteiger partial charge in [-0.2, -0.15) is 0 Å². The maximum Gasteiger partial charge on any atom is 0.0642 e. The molecule has 3 rings (SSSR count). The molecule has 1 aliphatic heterocycles. The topological polar surface area (TPSA) is 50.5 Å². The second kappa shape index (κ2) is 6.06. The minimum Gasteiger partial charge on any atom is -0.398 e. The van der Waals surface area contributed by atoms with Crippen LogP contribution in [-0.4, -0.2) is 26.3 Å². The normalized spacial score (nSPS) is 15.0. The van der Waals surface area contributed by atoms with E-state index >= 15 is 0 Å². The average Bonchev–Trinajstić information content (AvgIpc) is 2.53. The van der Waals surface area contributed by atoms with Crippen LogP contribution in [0.1, 0.15) is 5.56 Å². The van der Waals surface area contributed by atoms with Gasteiger partial charge in [0.25, 0.3) is 0 Å². The van der Waals surface area contributed by atoms with Crippen LogP contribution in [0, 0.1) is 6.92 Å². The molecule has 2 aromatic rings. The van der Waals surface area contributed by atoms with Crippen molar-refractivity contribution in [1.29, 1.82) is 0 Å². The zero-order valence-corrected chi connectivity index (χ0v) is 12.3. The van der Waals surface area contributed by atoms with Crippen molar-refractivity contribution in [2.45, 2.75) is 6.92 Å². The first kappa shape index (κ1) is 13.8. The lowest BCUT2D eigenvalue weighted by atomic mass is 10.1. The summed E-state index contributed by atoms with van der Waals surface area (Å²) < 4.78 is 5.38. The molecule has 0 aromatic heterocycles. The number of nitrogens with two attached hydrogens (primary N) is 1. The van der Waals surface area contributed by atoms with Gasteiger partial charge in [0.15, 0.2) is 0 Å². The van der Waals surface area contributed by atoms with Crippen LogP contribution in [0.2, 0.25) is 0 Å². The predicted octanol–water partition coefficient (Wildman–Crippen LogP) is 3.16. The van der Waals surface area contributed by atoms with Crippen molar-refractivity contribution < 1.29 is 4.74 Å². The summed E-state index contributed by atoms with van der Waals surface area (Å²) in [6.45, 7) is 5.56. The van der Waals surface area contributed by atoms with E-state index < -0.39 is 0 Å². The summed E-state index contributed by atoms with van der Waals surface area (Å²) in [5.41, 5.74) is 11.2. The summed E-state index contributed by atoms with van der Waals surface area (Å²) >= 11 is 0. The molecule has 4 heteroatoms. The Bertz CT molecular complexity index is 604. The van der Waals surface area contributed by atoms with Gasteiger partial charge in [0.2, 0.25) is 0 Å². The molecule has 1 heterocycles. The van der Waals surface area contributed by atoms with E-state index in [4.69, 9.17) is 10.5 Å². The molecule has 0 unspecified atom stereocenters. The largest absolute Gasteiger partial charge is 0.398 e. The number of ether oxygens (including phenoxy) is 1. The summed E-state index contributed by atoms with van der Waals surface area (Å²) in [6, 6.07) is 14.4. The van der Waals surface area contributed by atoms with Gasteiger partial charge in [-0.15, -0.1) is 0 Å². The minimum atomic E-state index is 0.808. The highest BCUT2D eigenvalue weighted by atomic mass is 16.5. The van der Waals surface area contributed by atoms with Crippen LogP contribution < -0.4 is 16.0 Å². The molecule has 0 bridgehead atoms. The van der Waals surface area contributed by atoms with E-state index in [1.807, 2.05) is 25.1 Å². The standard InChI is InChI=1S/C17H21N3O/c1-13-16(18)3-2-4-17(13)19-14-5-7-15(8-6-14)20-9-11-21-12-10-20/h2-8,19H,9-12,18H2,1H3. The predicted molar refractivity (Wildman–Crippen MR) is 88.3 cm³/mol. The van der Waals surface area contributed by atoms with E-state index in [1.54, 1.807) is 0 Å². The lowest BCUT2D eigenvalue weighted by Crippen LogP contribution is -2.36. The Labute approximate surface area is 125 Å². The molecular weight excluding hydrogens is 262 g/mol. The molecule has 1 aliphatic rings. The molecule has 0 amide bonds. The first-order chi connectivity index (χ1) is 10.2. The number of nitrogens with zero attached hydrogens (tertiary/aromatic N) is 1. The van der Waals surface area contributed by atoms with Crippen LogP contribution in [0.4, 0.5) is 22.7 Å². The van der Waals surface area contributed by atoms with Crippen molar-refractivity contribution >= 4 is 22.7 Å². The first-order valence-electron chi connectivity index (χ1n) is 7.29. The quantitative estimate of drug-likeness (QED) is 0.850. The van der Waals surface area contributed by atoms with E-state index in [-0.39, 0.29) is 0 Å². The highest BCUT2D eigenvalue weighted by Crippen LogP contribution is 2.26. The monoisotopic (exact) mass is 283 g/mol. The van der Waals surface area contributed by atoms with Crippen LogP contribution in [0.15, 0.2) is 42.5 Å². The fourth-order valence-electron chi connectivity index (χ4n) is 2.52. The molecule has 4 nitrogen and oxygen atoms in total. The van der Waals surface area contributed by atoms with Gasteiger partial charge in [-0.3, -0.25) is 0 Å². The summed E-state index contributed by atoms with van der Waals surface area (Å²) in [6.07, 6.45) is 0. The van der Waals surface area contributed by atoms with Crippen LogP contribution in [0.25, 0.3) is 0 Å². The van der Waals surface area contributed by atoms with Gasteiger partial charge in [0, 0.05) is 35.8 Å². The maximum absolute atomic E-state index is 5.94. The third-order valence-electron chi connectivity index (χ3n) is 3.90. The highest BCUT2D eigenvalue weighted by Gasteiger charge is 2.10. The molecule has 1 fully saturated rings. The first-order valence-corrected chi connectivity index (χ1v) is 7.29. The lowest BCUT2D eigenvalue weighted by molar-refractivity contribution is 0.122. The number of nitrogens with one attached hydrogen (secondary N) is 1. The zero-order chi connectivity index (χ0) is 14.7. The highest BCUT2D eigenvalue weighted by molar-refractivity contribution is 5.70. The molecule has 0 atom stereocenters. The summed E-state index contributed by atoms with van der Waals surface area (Å²) in [5, 5.41) is 3.42. The maximum atomic E-state index is 5.94. The molecule has 0 saturated carbocycles. The smallest absolute Gasteiger partial charge is 0.0642 e. The number of morpholine rings is 1. The zero-order valence-electron chi connectivity index (χ0n) is 12.3. The van der Waals surface area contributed by atoms with Crippen LogP contribution >= 0.6 is 0 Å². The average molecular weight is 283 g/mol. The van der Waals surface area contributed by atoms with Crippen molar-refractivity contribution in [3.63, 3.8) is 0 Å². The van der Waals surface area contributed by atoms with Crippen molar-refractivity contribution in [3.05, 3.63) is 48.0 Å². The number of rotatable bonds is 3. The molecule has 3 N–H and O–H groups in total. The minimum absolute atomic E-state index is 0.808. The van der Waals surface area contributed by atoms with Gasteiger partial charge >= 0.3 is 0 Å². The van der Waals surface area contributed by atoms with Crippen LogP contribution in [0.3, 0.4) is 0 Å². The Kier molecular flexibility index (Phi) is 3.97.